The van der Waals surface area contributed by atoms with Gasteiger partial charge in [0.25, 0.3) is 0 Å². The van der Waals surface area contributed by atoms with Crippen molar-refractivity contribution in [3.8, 4) is 5.75 Å². The zero-order chi connectivity index (χ0) is 23.1. The third-order valence-corrected chi connectivity index (χ3v) is 5.86. The van der Waals surface area contributed by atoms with E-state index in [2.05, 4.69) is 5.32 Å². The number of hydrogen-bond acceptors (Lipinski definition) is 2. The molecular weight excluding hydrogens is 443 g/mol. The zero-order valence-corrected chi connectivity index (χ0v) is 20.1. The SMILES string of the molecule is CCOc1ccc(CN(CCc2ccc(Cl)cc2Cl)C(=O)Nc2c(C)cccc2C)cc1. The largest absolute Gasteiger partial charge is 0.494 e. The third kappa shape index (κ3) is 6.41. The first-order chi connectivity index (χ1) is 15.4. The molecule has 0 aliphatic heterocycles. The van der Waals surface area contributed by atoms with Crippen LogP contribution in [-0.4, -0.2) is 24.1 Å². The van der Waals surface area contributed by atoms with Crippen molar-refractivity contribution in [2.24, 2.45) is 0 Å². The second kappa shape index (κ2) is 11.3. The van der Waals surface area contributed by atoms with Crippen LogP contribution in [0.15, 0.2) is 60.7 Å². The van der Waals surface area contributed by atoms with Crippen molar-refractivity contribution >= 4 is 34.9 Å². The van der Waals surface area contributed by atoms with Gasteiger partial charge in [0.1, 0.15) is 5.75 Å². The van der Waals surface area contributed by atoms with Gasteiger partial charge in [0, 0.05) is 28.8 Å². The lowest BCUT2D eigenvalue weighted by Gasteiger charge is -2.25. The van der Waals surface area contributed by atoms with Crippen LogP contribution in [0, 0.1) is 13.8 Å². The van der Waals surface area contributed by atoms with E-state index in [4.69, 9.17) is 27.9 Å². The minimum atomic E-state index is -0.152. The molecule has 0 spiro atoms. The number of carbonyl (C=O) groups is 1. The molecule has 0 saturated heterocycles. The lowest BCUT2D eigenvalue weighted by molar-refractivity contribution is 0.209. The van der Waals surface area contributed by atoms with Gasteiger partial charge in [-0.25, -0.2) is 4.79 Å². The number of rotatable bonds is 8. The minimum absolute atomic E-state index is 0.152. The lowest BCUT2D eigenvalue weighted by Crippen LogP contribution is -2.36. The molecular formula is C26H28Cl2N2O2. The summed E-state index contributed by atoms with van der Waals surface area (Å²) in [6.07, 6.45) is 0.618. The van der Waals surface area contributed by atoms with Gasteiger partial charge >= 0.3 is 6.03 Å². The number of para-hydroxylation sites is 1. The molecule has 0 saturated carbocycles. The number of hydrogen-bond donors (Lipinski definition) is 1. The summed E-state index contributed by atoms with van der Waals surface area (Å²) >= 11 is 12.4. The predicted molar refractivity (Wildman–Crippen MR) is 133 cm³/mol. The lowest BCUT2D eigenvalue weighted by atomic mass is 10.1. The molecule has 32 heavy (non-hydrogen) atoms. The van der Waals surface area contributed by atoms with E-state index in [-0.39, 0.29) is 6.03 Å². The molecule has 3 aromatic rings. The monoisotopic (exact) mass is 470 g/mol. The smallest absolute Gasteiger partial charge is 0.322 e. The van der Waals surface area contributed by atoms with Gasteiger partial charge in [0.2, 0.25) is 0 Å². The molecule has 168 valence electrons. The van der Waals surface area contributed by atoms with Crippen molar-refractivity contribution in [3.05, 3.63) is 93.0 Å². The molecule has 6 heteroatoms. The number of urea groups is 1. The summed E-state index contributed by atoms with van der Waals surface area (Å²) in [6, 6.07) is 19.1. The van der Waals surface area contributed by atoms with E-state index in [1.165, 1.54) is 0 Å². The van der Waals surface area contributed by atoms with Crippen LogP contribution in [0.1, 0.15) is 29.2 Å². The van der Waals surface area contributed by atoms with Crippen molar-refractivity contribution < 1.29 is 9.53 Å². The number of anilines is 1. The van der Waals surface area contributed by atoms with Crippen molar-refractivity contribution in [1.29, 1.82) is 0 Å². The molecule has 0 aliphatic carbocycles. The van der Waals surface area contributed by atoms with E-state index >= 15 is 0 Å². The highest BCUT2D eigenvalue weighted by Crippen LogP contribution is 2.23. The second-order valence-electron chi connectivity index (χ2n) is 7.68. The highest BCUT2D eigenvalue weighted by atomic mass is 35.5. The van der Waals surface area contributed by atoms with Crippen LogP contribution in [0.2, 0.25) is 10.0 Å². The Balaban J connectivity index is 1.79. The molecule has 2 amide bonds. The fourth-order valence-electron chi connectivity index (χ4n) is 3.51. The number of halogens is 2. The summed E-state index contributed by atoms with van der Waals surface area (Å²) in [5.41, 5.74) is 4.87. The molecule has 0 heterocycles. The molecule has 0 unspecified atom stereocenters. The first-order valence-corrected chi connectivity index (χ1v) is 11.4. The maximum Gasteiger partial charge on any atom is 0.322 e. The number of benzene rings is 3. The highest BCUT2D eigenvalue weighted by molar-refractivity contribution is 6.35. The Morgan fingerprint density at radius 2 is 1.69 bits per heavy atom. The Bertz CT molecular complexity index is 1050. The second-order valence-corrected chi connectivity index (χ2v) is 8.52. The minimum Gasteiger partial charge on any atom is -0.494 e. The average molecular weight is 471 g/mol. The number of aryl methyl sites for hydroxylation is 2. The normalized spacial score (nSPS) is 10.7. The summed E-state index contributed by atoms with van der Waals surface area (Å²) in [5, 5.41) is 4.30. The van der Waals surface area contributed by atoms with Gasteiger partial charge in [-0.15, -0.1) is 0 Å². The van der Waals surface area contributed by atoms with E-state index in [0.29, 0.717) is 36.2 Å². The standard InChI is InChI=1S/C26H28Cl2N2O2/c1-4-32-23-12-8-20(9-13-23)17-30(15-14-21-10-11-22(27)16-24(21)28)26(31)29-25-18(2)6-5-7-19(25)3/h5-13,16H,4,14-15,17H2,1-3H3,(H,29,31). The molecule has 3 aromatic carbocycles. The number of ether oxygens (including phenoxy) is 1. The molecule has 0 bridgehead atoms. The van der Waals surface area contributed by atoms with Gasteiger partial charge in [-0.05, 0) is 73.7 Å². The molecule has 0 atom stereocenters. The number of amides is 2. The summed E-state index contributed by atoms with van der Waals surface area (Å²) in [7, 11) is 0. The van der Waals surface area contributed by atoms with Gasteiger partial charge in [-0.1, -0.05) is 59.6 Å². The van der Waals surface area contributed by atoms with Crippen molar-refractivity contribution in [2.75, 3.05) is 18.5 Å². The number of nitrogens with zero attached hydrogens (tertiary/aromatic N) is 1. The Labute approximate surface area is 200 Å². The van der Waals surface area contributed by atoms with Gasteiger partial charge in [-0.2, -0.15) is 0 Å². The van der Waals surface area contributed by atoms with Crippen molar-refractivity contribution in [3.63, 3.8) is 0 Å². The Hall–Kier alpha value is -2.69. The van der Waals surface area contributed by atoms with E-state index in [0.717, 1.165) is 33.7 Å². The van der Waals surface area contributed by atoms with Gasteiger partial charge in [0.15, 0.2) is 0 Å². The van der Waals surface area contributed by atoms with Gasteiger partial charge in [-0.3, -0.25) is 0 Å². The van der Waals surface area contributed by atoms with E-state index < -0.39 is 0 Å². The van der Waals surface area contributed by atoms with Crippen LogP contribution in [0.25, 0.3) is 0 Å². The molecule has 0 radical (unpaired) electrons. The van der Waals surface area contributed by atoms with E-state index in [1.54, 1.807) is 11.0 Å². The summed E-state index contributed by atoms with van der Waals surface area (Å²) in [5.74, 6) is 0.815. The molecule has 3 rings (SSSR count). The molecule has 4 nitrogen and oxygen atoms in total. The maximum atomic E-state index is 13.3. The molecule has 0 aliphatic rings. The van der Waals surface area contributed by atoms with Gasteiger partial charge in [0.05, 0.1) is 6.61 Å². The summed E-state index contributed by atoms with van der Waals surface area (Å²) in [6.45, 7) is 7.53. The fraction of sp³-hybridized carbons (Fsp3) is 0.269. The quantitative estimate of drug-likeness (QED) is 0.375. The van der Waals surface area contributed by atoms with Crippen LogP contribution in [-0.2, 0) is 13.0 Å². The summed E-state index contributed by atoms with van der Waals surface area (Å²) in [4.78, 5) is 15.1. The molecule has 0 aromatic heterocycles. The number of carbonyl (C=O) groups excluding carboxylic acids is 1. The topological polar surface area (TPSA) is 41.6 Å². The van der Waals surface area contributed by atoms with Crippen LogP contribution in [0.4, 0.5) is 10.5 Å². The van der Waals surface area contributed by atoms with E-state index in [1.807, 2.05) is 75.4 Å². The van der Waals surface area contributed by atoms with E-state index in [9.17, 15) is 4.79 Å². The van der Waals surface area contributed by atoms with Crippen molar-refractivity contribution in [1.82, 2.24) is 4.90 Å². The Kier molecular flexibility index (Phi) is 8.43. The number of nitrogens with one attached hydrogen (secondary N) is 1. The first-order valence-electron chi connectivity index (χ1n) is 10.6. The Morgan fingerprint density at radius 1 is 1.00 bits per heavy atom. The average Bonchev–Trinajstić information content (AvgIpc) is 2.76. The van der Waals surface area contributed by atoms with Crippen LogP contribution >= 0.6 is 23.2 Å². The molecule has 0 fully saturated rings. The highest BCUT2D eigenvalue weighted by Gasteiger charge is 2.17. The molecule has 1 N–H and O–H groups in total. The van der Waals surface area contributed by atoms with Crippen LogP contribution in [0.3, 0.4) is 0 Å². The van der Waals surface area contributed by atoms with Crippen molar-refractivity contribution in [2.45, 2.75) is 33.7 Å². The maximum absolute atomic E-state index is 13.3. The predicted octanol–water partition coefficient (Wildman–Crippen LogP) is 7.29. The van der Waals surface area contributed by atoms with Gasteiger partial charge < -0.3 is 15.0 Å². The fourth-order valence-corrected chi connectivity index (χ4v) is 4.01. The Morgan fingerprint density at radius 3 is 2.31 bits per heavy atom. The summed E-state index contributed by atoms with van der Waals surface area (Å²) < 4.78 is 5.53. The third-order valence-electron chi connectivity index (χ3n) is 5.27. The zero-order valence-electron chi connectivity index (χ0n) is 18.6. The van der Waals surface area contributed by atoms with Crippen LogP contribution < -0.4 is 10.1 Å². The van der Waals surface area contributed by atoms with Crippen LogP contribution in [0.5, 0.6) is 5.75 Å². The first kappa shape index (κ1) is 24.0.